The first-order chi connectivity index (χ1) is 14.9. The first kappa shape index (κ1) is 25.3. The third kappa shape index (κ3) is 9.56. The number of amides is 1. The van der Waals surface area contributed by atoms with Crippen LogP contribution in [-0.4, -0.2) is 36.2 Å². The number of nitrogens with two attached hydrogens (primary N) is 1. The zero-order valence-electron chi connectivity index (χ0n) is 17.3. The van der Waals surface area contributed by atoms with E-state index in [1.54, 1.807) is 60.7 Å². The number of benzene rings is 2. The van der Waals surface area contributed by atoms with Gasteiger partial charge in [0.15, 0.2) is 6.23 Å². The lowest BCUT2D eigenvalue weighted by Crippen LogP contribution is -2.36. The van der Waals surface area contributed by atoms with Crippen molar-refractivity contribution in [2.24, 2.45) is 5.73 Å². The Morgan fingerprint density at radius 2 is 1.48 bits per heavy atom. The van der Waals surface area contributed by atoms with Crippen LogP contribution < -0.4 is 11.1 Å². The van der Waals surface area contributed by atoms with Gasteiger partial charge in [-0.2, -0.15) is 0 Å². The van der Waals surface area contributed by atoms with Crippen LogP contribution in [0.15, 0.2) is 61.7 Å². The third-order valence-electron chi connectivity index (χ3n) is 4.23. The quantitative estimate of drug-likeness (QED) is 0.287. The van der Waals surface area contributed by atoms with Gasteiger partial charge in [0.2, 0.25) is 0 Å². The minimum absolute atomic E-state index is 0.278. The third-order valence-corrected chi connectivity index (χ3v) is 4.23. The highest BCUT2D eigenvalue weighted by Crippen LogP contribution is 2.08. The van der Waals surface area contributed by atoms with E-state index < -0.39 is 12.2 Å². The van der Waals surface area contributed by atoms with Gasteiger partial charge in [0.05, 0.1) is 5.56 Å². The number of carbonyl (C=O) groups is 3. The second-order valence-corrected chi connectivity index (χ2v) is 6.44. The van der Waals surface area contributed by atoms with Gasteiger partial charge in [-0.15, -0.1) is 0 Å². The molecule has 1 unspecified atom stereocenters. The van der Waals surface area contributed by atoms with Gasteiger partial charge in [-0.25, -0.2) is 4.79 Å². The van der Waals surface area contributed by atoms with Crippen LogP contribution in [0, 0.1) is 0 Å². The molecule has 0 fully saturated rings. The molecule has 0 heterocycles. The minimum atomic E-state index is -0.902. The summed E-state index contributed by atoms with van der Waals surface area (Å²) in [6, 6.07) is 13.5. The number of hydrogen-bond donors (Lipinski definition) is 3. The average molecular weight is 424 g/mol. The summed E-state index contributed by atoms with van der Waals surface area (Å²) >= 11 is 0. The number of hydrogen-bond acceptors (Lipinski definition) is 5. The predicted octanol–water partition coefficient (Wildman–Crippen LogP) is 3.72. The Labute approximate surface area is 182 Å². The van der Waals surface area contributed by atoms with Gasteiger partial charge >= 0.3 is 5.97 Å². The average Bonchev–Trinajstić information content (AvgIpc) is 2.79. The number of unbranched alkanes of at least 4 members (excludes halogenated alkanes) is 1. The zero-order valence-corrected chi connectivity index (χ0v) is 17.3. The Bertz CT molecular complexity index is 861. The molecule has 7 heteroatoms. The van der Waals surface area contributed by atoms with E-state index in [2.05, 4.69) is 18.5 Å². The van der Waals surface area contributed by atoms with Crippen LogP contribution in [0.25, 0.3) is 12.2 Å². The van der Waals surface area contributed by atoms with E-state index in [4.69, 9.17) is 15.6 Å². The van der Waals surface area contributed by atoms with E-state index in [-0.39, 0.29) is 5.91 Å². The standard InChI is InChI=1S/C15H20N2O3.C9H8O2/c1-2-12-6-8-13(9-7-12)15(19)17-14(20-11-18)5-3-4-10-16;1-2-7-3-5-8(6-4-7)9(10)11/h2,6-9,11,14H,1,3-5,10,16H2,(H,17,19);2-6H,1H2,(H,10,11). The highest BCUT2D eigenvalue weighted by atomic mass is 16.5. The molecule has 2 aromatic rings. The summed E-state index contributed by atoms with van der Waals surface area (Å²) in [4.78, 5) is 32.8. The van der Waals surface area contributed by atoms with E-state index in [0.717, 1.165) is 24.0 Å². The van der Waals surface area contributed by atoms with Crippen molar-refractivity contribution >= 4 is 30.5 Å². The number of carboxylic acids is 1. The van der Waals surface area contributed by atoms with E-state index in [1.165, 1.54) is 0 Å². The zero-order chi connectivity index (χ0) is 23.1. The lowest BCUT2D eigenvalue weighted by atomic mass is 10.1. The van der Waals surface area contributed by atoms with Crippen molar-refractivity contribution in [2.75, 3.05) is 6.54 Å². The monoisotopic (exact) mass is 424 g/mol. The van der Waals surface area contributed by atoms with E-state index in [9.17, 15) is 14.4 Å². The molecule has 31 heavy (non-hydrogen) atoms. The maximum Gasteiger partial charge on any atom is 0.335 e. The summed E-state index contributed by atoms with van der Waals surface area (Å²) in [5, 5.41) is 11.2. The molecule has 0 radical (unpaired) electrons. The molecule has 0 saturated heterocycles. The second kappa shape index (κ2) is 14.3. The van der Waals surface area contributed by atoms with Crippen molar-refractivity contribution < 1.29 is 24.2 Å². The van der Waals surface area contributed by atoms with Crippen LogP contribution in [0.2, 0.25) is 0 Å². The van der Waals surface area contributed by atoms with Crippen molar-refractivity contribution in [1.82, 2.24) is 5.32 Å². The van der Waals surface area contributed by atoms with E-state index in [1.807, 2.05) is 0 Å². The van der Waals surface area contributed by atoms with Gasteiger partial charge in [0.25, 0.3) is 12.4 Å². The fourth-order valence-electron chi connectivity index (χ4n) is 2.48. The molecule has 2 rings (SSSR count). The van der Waals surface area contributed by atoms with Crippen molar-refractivity contribution in [1.29, 1.82) is 0 Å². The molecule has 0 spiro atoms. The van der Waals surface area contributed by atoms with Crippen LogP contribution in [0.3, 0.4) is 0 Å². The summed E-state index contributed by atoms with van der Waals surface area (Å²) in [6.45, 7) is 8.12. The van der Waals surface area contributed by atoms with Gasteiger partial charge in [-0.05, 0) is 54.8 Å². The van der Waals surface area contributed by atoms with Gasteiger partial charge in [-0.3, -0.25) is 9.59 Å². The SMILES string of the molecule is C=Cc1ccc(C(=O)NC(CCCCN)OC=O)cc1.C=Cc1ccc(C(=O)O)cc1. The molecule has 0 aliphatic heterocycles. The highest BCUT2D eigenvalue weighted by molar-refractivity contribution is 5.94. The van der Waals surface area contributed by atoms with Crippen LogP contribution in [-0.2, 0) is 9.53 Å². The Balaban J connectivity index is 0.000000367. The molecule has 1 atom stereocenters. The van der Waals surface area contributed by atoms with Crippen molar-refractivity contribution in [3.63, 3.8) is 0 Å². The molecule has 4 N–H and O–H groups in total. The molecular formula is C24H28N2O5. The first-order valence-corrected chi connectivity index (χ1v) is 9.73. The summed E-state index contributed by atoms with van der Waals surface area (Å²) < 4.78 is 4.86. The van der Waals surface area contributed by atoms with Crippen LogP contribution in [0.5, 0.6) is 0 Å². The number of aromatic carboxylic acids is 1. The smallest absolute Gasteiger partial charge is 0.335 e. The van der Waals surface area contributed by atoms with E-state index in [0.29, 0.717) is 30.6 Å². The van der Waals surface area contributed by atoms with Gasteiger partial charge in [0, 0.05) is 12.0 Å². The van der Waals surface area contributed by atoms with Crippen molar-refractivity contribution in [3.8, 4) is 0 Å². The number of ether oxygens (including phenoxy) is 1. The number of carbonyl (C=O) groups excluding carboxylic acids is 2. The summed E-state index contributed by atoms with van der Waals surface area (Å²) in [7, 11) is 0. The summed E-state index contributed by atoms with van der Waals surface area (Å²) in [5.74, 6) is -1.18. The first-order valence-electron chi connectivity index (χ1n) is 9.73. The second-order valence-electron chi connectivity index (χ2n) is 6.44. The van der Waals surface area contributed by atoms with Gasteiger partial charge < -0.3 is 20.9 Å². The maximum atomic E-state index is 12.0. The lowest BCUT2D eigenvalue weighted by molar-refractivity contribution is -0.134. The molecule has 0 saturated carbocycles. The molecule has 1 amide bonds. The van der Waals surface area contributed by atoms with Crippen LogP contribution >= 0.6 is 0 Å². The van der Waals surface area contributed by atoms with Crippen molar-refractivity contribution in [2.45, 2.75) is 25.5 Å². The Hall–Kier alpha value is -3.71. The Morgan fingerprint density at radius 1 is 0.968 bits per heavy atom. The lowest BCUT2D eigenvalue weighted by Gasteiger charge is -2.16. The molecule has 0 aromatic heterocycles. The summed E-state index contributed by atoms with van der Waals surface area (Å²) in [5.41, 5.74) is 8.07. The number of carboxylic acid groups (broad SMARTS) is 1. The van der Waals surface area contributed by atoms with Gasteiger partial charge in [0.1, 0.15) is 0 Å². The van der Waals surface area contributed by atoms with Crippen molar-refractivity contribution in [3.05, 3.63) is 83.9 Å². The van der Waals surface area contributed by atoms with Gasteiger partial charge in [-0.1, -0.05) is 49.6 Å². The summed E-state index contributed by atoms with van der Waals surface area (Å²) in [6.07, 6.45) is 4.91. The molecular weight excluding hydrogens is 396 g/mol. The Morgan fingerprint density at radius 3 is 1.90 bits per heavy atom. The molecule has 0 bridgehead atoms. The molecule has 2 aromatic carbocycles. The fraction of sp³-hybridized carbons (Fsp3) is 0.208. The predicted molar refractivity (Wildman–Crippen MR) is 121 cm³/mol. The largest absolute Gasteiger partial charge is 0.478 e. The molecule has 0 aliphatic carbocycles. The van der Waals surface area contributed by atoms with Crippen LogP contribution in [0.4, 0.5) is 0 Å². The minimum Gasteiger partial charge on any atom is -0.478 e. The fourth-order valence-corrected chi connectivity index (χ4v) is 2.48. The van der Waals surface area contributed by atoms with Crippen LogP contribution in [0.1, 0.15) is 51.1 Å². The van der Waals surface area contributed by atoms with E-state index >= 15 is 0 Å². The Kier molecular flexibility index (Phi) is 11.7. The highest BCUT2D eigenvalue weighted by Gasteiger charge is 2.14. The molecule has 7 nitrogen and oxygen atoms in total. The topological polar surface area (TPSA) is 119 Å². The number of rotatable bonds is 11. The normalized spacial score (nSPS) is 10.6. The molecule has 164 valence electrons. The maximum absolute atomic E-state index is 12.0. The number of nitrogens with one attached hydrogen (secondary N) is 1. The molecule has 0 aliphatic rings.